The van der Waals surface area contributed by atoms with Gasteiger partial charge in [0.2, 0.25) is 15.9 Å². The average molecular weight is 347 g/mol. The van der Waals surface area contributed by atoms with Gasteiger partial charge in [0.15, 0.2) is 0 Å². The van der Waals surface area contributed by atoms with Crippen molar-refractivity contribution in [3.05, 3.63) is 29.8 Å². The lowest BCUT2D eigenvalue weighted by atomic mass is 10.0. The second-order valence-electron chi connectivity index (χ2n) is 6.30. The maximum Gasteiger partial charge on any atom is 0.243 e. The lowest BCUT2D eigenvalue weighted by molar-refractivity contribution is -0.135. The minimum absolute atomic E-state index is 0.0767. The van der Waals surface area contributed by atoms with Gasteiger partial charge in [-0.1, -0.05) is 12.5 Å². The number of hydrogen-bond acceptors (Lipinski definition) is 4. The molecular weight excluding hydrogens is 326 g/mol. The van der Waals surface area contributed by atoms with E-state index >= 15 is 0 Å². The number of nitriles is 1. The van der Waals surface area contributed by atoms with E-state index in [1.807, 2.05) is 6.07 Å². The van der Waals surface area contributed by atoms with Crippen LogP contribution in [-0.2, 0) is 14.8 Å². The zero-order valence-corrected chi connectivity index (χ0v) is 14.3. The molecule has 0 bridgehead atoms. The van der Waals surface area contributed by atoms with Gasteiger partial charge < -0.3 is 4.90 Å². The summed E-state index contributed by atoms with van der Waals surface area (Å²) in [6, 6.07) is 7.34. The van der Waals surface area contributed by atoms with Gasteiger partial charge in [-0.3, -0.25) is 4.79 Å². The molecule has 0 spiro atoms. The number of sulfonamides is 1. The van der Waals surface area contributed by atoms with Gasteiger partial charge in [-0.15, -0.1) is 0 Å². The van der Waals surface area contributed by atoms with Crippen LogP contribution in [0.3, 0.4) is 0 Å². The number of rotatable bonds is 3. The molecule has 0 aliphatic carbocycles. The lowest BCUT2D eigenvalue weighted by Gasteiger charge is -2.35. The number of benzene rings is 1. The van der Waals surface area contributed by atoms with Crippen molar-refractivity contribution in [2.45, 2.75) is 43.0 Å². The Morgan fingerprint density at radius 1 is 1.12 bits per heavy atom. The zero-order chi connectivity index (χ0) is 17.2. The van der Waals surface area contributed by atoms with Crippen molar-refractivity contribution in [3.8, 4) is 6.07 Å². The molecule has 7 heteroatoms. The van der Waals surface area contributed by atoms with Crippen molar-refractivity contribution in [2.75, 3.05) is 19.6 Å². The highest BCUT2D eigenvalue weighted by Gasteiger charge is 2.39. The summed E-state index contributed by atoms with van der Waals surface area (Å²) in [6.45, 7) is 1.78. The highest BCUT2D eigenvalue weighted by atomic mass is 32.2. The number of hydrogen-bond donors (Lipinski definition) is 0. The monoisotopic (exact) mass is 347 g/mol. The standard InChI is InChI=1S/C17H21N3O3S/c18-13-14-6-5-7-15(12-14)24(22,23)20-11-2-1-8-16(20)17(21)19-9-3-4-10-19/h5-7,12,16H,1-4,8-11H2/t16-/m1/s1. The Morgan fingerprint density at radius 3 is 2.54 bits per heavy atom. The van der Waals surface area contributed by atoms with Gasteiger partial charge in [-0.2, -0.15) is 9.57 Å². The van der Waals surface area contributed by atoms with Crippen LogP contribution in [0.15, 0.2) is 29.2 Å². The van der Waals surface area contributed by atoms with Gasteiger partial charge in [0.25, 0.3) is 0 Å². The molecule has 24 heavy (non-hydrogen) atoms. The molecule has 1 aromatic rings. The van der Waals surface area contributed by atoms with E-state index in [0.717, 1.165) is 25.7 Å². The summed E-state index contributed by atoms with van der Waals surface area (Å²) in [6.07, 6.45) is 4.13. The summed E-state index contributed by atoms with van der Waals surface area (Å²) in [5, 5.41) is 9.00. The molecule has 0 aromatic heterocycles. The first kappa shape index (κ1) is 16.9. The predicted octanol–water partition coefficient (Wildman–Crippen LogP) is 1.72. The summed E-state index contributed by atoms with van der Waals surface area (Å²) < 4.78 is 27.4. The average Bonchev–Trinajstić information content (AvgIpc) is 3.16. The minimum Gasteiger partial charge on any atom is -0.341 e. The Kier molecular flexibility index (Phi) is 4.88. The molecule has 0 radical (unpaired) electrons. The molecule has 0 unspecified atom stereocenters. The van der Waals surface area contributed by atoms with Crippen molar-refractivity contribution in [1.82, 2.24) is 9.21 Å². The Labute approximate surface area is 142 Å². The maximum absolute atomic E-state index is 13.0. The fourth-order valence-electron chi connectivity index (χ4n) is 3.45. The van der Waals surface area contributed by atoms with E-state index in [-0.39, 0.29) is 10.8 Å². The lowest BCUT2D eigenvalue weighted by Crippen LogP contribution is -2.52. The molecule has 1 atom stereocenters. The number of likely N-dealkylation sites (tertiary alicyclic amines) is 1. The van der Waals surface area contributed by atoms with Crippen LogP contribution >= 0.6 is 0 Å². The Balaban J connectivity index is 1.91. The predicted molar refractivity (Wildman–Crippen MR) is 88.5 cm³/mol. The summed E-state index contributed by atoms with van der Waals surface area (Å²) in [4.78, 5) is 14.6. The zero-order valence-electron chi connectivity index (χ0n) is 13.5. The van der Waals surface area contributed by atoms with Crippen LogP contribution in [-0.4, -0.2) is 49.2 Å². The highest BCUT2D eigenvalue weighted by Crippen LogP contribution is 2.27. The number of nitrogens with zero attached hydrogens (tertiary/aromatic N) is 3. The number of carbonyl (C=O) groups is 1. The molecular formula is C17H21N3O3S. The van der Waals surface area contributed by atoms with E-state index in [4.69, 9.17) is 5.26 Å². The first-order chi connectivity index (χ1) is 11.5. The molecule has 1 aromatic carbocycles. The molecule has 2 saturated heterocycles. The fourth-order valence-corrected chi connectivity index (χ4v) is 5.15. The second kappa shape index (κ2) is 6.91. The van der Waals surface area contributed by atoms with Crippen LogP contribution in [0.5, 0.6) is 0 Å². The second-order valence-corrected chi connectivity index (χ2v) is 8.19. The van der Waals surface area contributed by atoms with E-state index in [1.165, 1.54) is 16.4 Å². The van der Waals surface area contributed by atoms with E-state index in [0.29, 0.717) is 31.6 Å². The molecule has 2 heterocycles. The summed E-state index contributed by atoms with van der Waals surface area (Å²) in [7, 11) is -3.78. The molecule has 1 amide bonds. The summed E-state index contributed by atoms with van der Waals surface area (Å²) in [5.74, 6) is -0.0767. The third-order valence-electron chi connectivity index (χ3n) is 4.73. The van der Waals surface area contributed by atoms with Gasteiger partial charge in [0, 0.05) is 19.6 Å². The van der Waals surface area contributed by atoms with Crippen molar-refractivity contribution < 1.29 is 13.2 Å². The van der Waals surface area contributed by atoms with Gasteiger partial charge in [-0.05, 0) is 43.9 Å². The van der Waals surface area contributed by atoms with Crippen molar-refractivity contribution in [2.24, 2.45) is 0 Å². The van der Waals surface area contributed by atoms with Gasteiger partial charge >= 0.3 is 0 Å². The molecule has 2 fully saturated rings. The van der Waals surface area contributed by atoms with Crippen molar-refractivity contribution in [3.63, 3.8) is 0 Å². The van der Waals surface area contributed by atoms with E-state index in [1.54, 1.807) is 17.0 Å². The largest absolute Gasteiger partial charge is 0.341 e. The SMILES string of the molecule is N#Cc1cccc(S(=O)(=O)N2CCCC[C@@H]2C(=O)N2CCCC2)c1. The van der Waals surface area contributed by atoms with Crippen LogP contribution < -0.4 is 0 Å². The quantitative estimate of drug-likeness (QED) is 0.834. The molecule has 0 saturated carbocycles. The number of piperidine rings is 1. The van der Waals surface area contributed by atoms with Crippen LogP contribution in [0, 0.1) is 11.3 Å². The topological polar surface area (TPSA) is 81.5 Å². The summed E-state index contributed by atoms with van der Waals surface area (Å²) >= 11 is 0. The van der Waals surface area contributed by atoms with E-state index in [2.05, 4.69) is 0 Å². The molecule has 0 N–H and O–H groups in total. The molecule has 6 nitrogen and oxygen atoms in total. The molecule has 2 aliphatic heterocycles. The van der Waals surface area contributed by atoms with E-state index in [9.17, 15) is 13.2 Å². The summed E-state index contributed by atoms with van der Waals surface area (Å²) in [5.41, 5.74) is 0.301. The minimum atomic E-state index is -3.78. The number of amides is 1. The van der Waals surface area contributed by atoms with Crippen LogP contribution in [0.4, 0.5) is 0 Å². The third kappa shape index (κ3) is 3.17. The maximum atomic E-state index is 13.0. The van der Waals surface area contributed by atoms with Gasteiger partial charge in [-0.25, -0.2) is 8.42 Å². The Hall–Kier alpha value is -1.91. The smallest absolute Gasteiger partial charge is 0.243 e. The van der Waals surface area contributed by atoms with Crippen LogP contribution in [0.2, 0.25) is 0 Å². The third-order valence-corrected chi connectivity index (χ3v) is 6.63. The normalized spacial score (nSPS) is 22.3. The number of carbonyl (C=O) groups excluding carboxylic acids is 1. The fraction of sp³-hybridized carbons (Fsp3) is 0.529. The Morgan fingerprint density at radius 2 is 1.83 bits per heavy atom. The van der Waals surface area contributed by atoms with Crippen LogP contribution in [0.1, 0.15) is 37.7 Å². The van der Waals surface area contributed by atoms with Gasteiger partial charge in [0.1, 0.15) is 6.04 Å². The van der Waals surface area contributed by atoms with Crippen LogP contribution in [0.25, 0.3) is 0 Å². The van der Waals surface area contributed by atoms with E-state index < -0.39 is 16.1 Å². The van der Waals surface area contributed by atoms with Crippen molar-refractivity contribution in [1.29, 1.82) is 5.26 Å². The first-order valence-electron chi connectivity index (χ1n) is 8.35. The van der Waals surface area contributed by atoms with Gasteiger partial charge in [0.05, 0.1) is 16.5 Å². The highest BCUT2D eigenvalue weighted by molar-refractivity contribution is 7.89. The first-order valence-corrected chi connectivity index (χ1v) is 9.79. The Bertz CT molecular complexity index is 764. The molecule has 3 rings (SSSR count). The molecule has 2 aliphatic rings. The molecule has 128 valence electrons. The van der Waals surface area contributed by atoms with Crippen molar-refractivity contribution >= 4 is 15.9 Å².